The lowest BCUT2D eigenvalue weighted by Crippen LogP contribution is -2.32. The van der Waals surface area contributed by atoms with E-state index in [1.54, 1.807) is 18.2 Å². The SMILES string of the molecule is COc1ccc(NC(=O)NCCOc2ccccc2C)cc1Cl. The van der Waals surface area contributed by atoms with Gasteiger partial charge in [0.25, 0.3) is 0 Å². The maximum absolute atomic E-state index is 11.8. The second kappa shape index (κ2) is 8.29. The van der Waals surface area contributed by atoms with Crippen LogP contribution in [0.5, 0.6) is 11.5 Å². The van der Waals surface area contributed by atoms with Gasteiger partial charge in [0.2, 0.25) is 0 Å². The number of anilines is 1. The zero-order valence-corrected chi connectivity index (χ0v) is 13.8. The van der Waals surface area contributed by atoms with Gasteiger partial charge in [-0.15, -0.1) is 0 Å². The number of ether oxygens (including phenoxy) is 2. The van der Waals surface area contributed by atoms with E-state index in [9.17, 15) is 4.79 Å². The zero-order valence-electron chi connectivity index (χ0n) is 13.1. The van der Waals surface area contributed by atoms with Crippen molar-refractivity contribution in [3.05, 3.63) is 53.1 Å². The highest BCUT2D eigenvalue weighted by Crippen LogP contribution is 2.27. The number of carbonyl (C=O) groups excluding carboxylic acids is 1. The summed E-state index contributed by atoms with van der Waals surface area (Å²) in [7, 11) is 1.54. The fraction of sp³-hybridized carbons (Fsp3) is 0.235. The van der Waals surface area contributed by atoms with Gasteiger partial charge in [-0.3, -0.25) is 0 Å². The van der Waals surface area contributed by atoms with E-state index >= 15 is 0 Å². The van der Waals surface area contributed by atoms with E-state index in [4.69, 9.17) is 21.1 Å². The van der Waals surface area contributed by atoms with E-state index in [-0.39, 0.29) is 6.03 Å². The molecule has 23 heavy (non-hydrogen) atoms. The molecule has 0 saturated heterocycles. The zero-order chi connectivity index (χ0) is 16.7. The Morgan fingerprint density at radius 3 is 2.65 bits per heavy atom. The predicted octanol–water partition coefficient (Wildman–Crippen LogP) is 3.86. The van der Waals surface area contributed by atoms with Crippen molar-refractivity contribution in [1.29, 1.82) is 0 Å². The molecule has 0 aliphatic rings. The van der Waals surface area contributed by atoms with E-state index in [0.717, 1.165) is 11.3 Å². The van der Waals surface area contributed by atoms with Gasteiger partial charge < -0.3 is 20.1 Å². The molecule has 2 rings (SSSR count). The van der Waals surface area contributed by atoms with Gasteiger partial charge in [-0.25, -0.2) is 4.79 Å². The Morgan fingerprint density at radius 2 is 1.96 bits per heavy atom. The molecule has 2 aromatic rings. The third kappa shape index (κ3) is 5.07. The first-order chi connectivity index (χ1) is 11.1. The molecule has 0 aliphatic carbocycles. The number of hydrogen-bond acceptors (Lipinski definition) is 3. The minimum Gasteiger partial charge on any atom is -0.495 e. The highest BCUT2D eigenvalue weighted by Gasteiger charge is 2.05. The highest BCUT2D eigenvalue weighted by atomic mass is 35.5. The molecule has 0 radical (unpaired) electrons. The summed E-state index contributed by atoms with van der Waals surface area (Å²) in [6.45, 7) is 2.76. The summed E-state index contributed by atoms with van der Waals surface area (Å²) in [6.07, 6.45) is 0. The first-order valence-corrected chi connectivity index (χ1v) is 7.55. The molecule has 0 aliphatic heterocycles. The Bertz CT molecular complexity index is 677. The maximum Gasteiger partial charge on any atom is 0.319 e. The Hall–Kier alpha value is -2.40. The van der Waals surface area contributed by atoms with Crippen molar-refractivity contribution in [1.82, 2.24) is 5.32 Å². The number of carbonyl (C=O) groups is 1. The van der Waals surface area contributed by atoms with Gasteiger partial charge in [0.05, 0.1) is 18.7 Å². The Balaban J connectivity index is 1.75. The van der Waals surface area contributed by atoms with E-state index in [1.165, 1.54) is 7.11 Å². The van der Waals surface area contributed by atoms with Crippen molar-refractivity contribution < 1.29 is 14.3 Å². The molecular formula is C17H19ClN2O3. The number of urea groups is 1. The van der Waals surface area contributed by atoms with Crippen LogP contribution in [0.15, 0.2) is 42.5 Å². The molecule has 0 unspecified atom stereocenters. The van der Waals surface area contributed by atoms with Crippen LogP contribution in [0.2, 0.25) is 5.02 Å². The summed E-state index contributed by atoms with van der Waals surface area (Å²) in [5.41, 5.74) is 1.65. The fourth-order valence-corrected chi connectivity index (χ4v) is 2.22. The first kappa shape index (κ1) is 17.0. The molecule has 0 fully saturated rings. The lowest BCUT2D eigenvalue weighted by molar-refractivity contribution is 0.247. The quantitative estimate of drug-likeness (QED) is 0.789. The first-order valence-electron chi connectivity index (χ1n) is 7.17. The molecule has 5 nitrogen and oxygen atoms in total. The average Bonchev–Trinajstić information content (AvgIpc) is 2.53. The Labute approximate surface area is 140 Å². The molecule has 0 aromatic heterocycles. The van der Waals surface area contributed by atoms with E-state index in [2.05, 4.69) is 10.6 Å². The van der Waals surface area contributed by atoms with Crippen molar-refractivity contribution in [3.63, 3.8) is 0 Å². The summed E-state index contributed by atoms with van der Waals surface area (Å²) < 4.78 is 10.7. The molecule has 0 spiro atoms. The minimum atomic E-state index is -0.320. The Kier molecular flexibility index (Phi) is 6.11. The summed E-state index contributed by atoms with van der Waals surface area (Å²) in [6, 6.07) is 12.5. The van der Waals surface area contributed by atoms with Crippen LogP contribution in [0.3, 0.4) is 0 Å². The van der Waals surface area contributed by atoms with Crippen LogP contribution in [0.25, 0.3) is 0 Å². The lowest BCUT2D eigenvalue weighted by atomic mass is 10.2. The normalized spacial score (nSPS) is 10.0. The largest absolute Gasteiger partial charge is 0.495 e. The fourth-order valence-electron chi connectivity index (χ4n) is 1.96. The molecule has 0 saturated carbocycles. The monoisotopic (exact) mass is 334 g/mol. The number of aryl methyl sites for hydroxylation is 1. The van der Waals surface area contributed by atoms with Gasteiger partial charge in [0, 0.05) is 5.69 Å². The second-order valence-electron chi connectivity index (χ2n) is 4.84. The molecule has 0 heterocycles. The number of hydrogen-bond donors (Lipinski definition) is 2. The van der Waals surface area contributed by atoms with Crippen LogP contribution in [-0.2, 0) is 0 Å². The number of amides is 2. The summed E-state index contributed by atoms with van der Waals surface area (Å²) in [5, 5.41) is 5.86. The van der Waals surface area contributed by atoms with Crippen LogP contribution < -0.4 is 20.1 Å². The highest BCUT2D eigenvalue weighted by molar-refractivity contribution is 6.32. The van der Waals surface area contributed by atoms with Crippen LogP contribution in [-0.4, -0.2) is 26.3 Å². The summed E-state index contributed by atoms with van der Waals surface area (Å²) in [5.74, 6) is 1.38. The second-order valence-corrected chi connectivity index (χ2v) is 5.25. The number of halogens is 1. The standard InChI is InChI=1S/C17H19ClN2O3/c1-12-5-3-4-6-15(12)23-10-9-19-17(21)20-13-7-8-16(22-2)14(18)11-13/h3-8,11H,9-10H2,1-2H3,(H2,19,20,21). The van der Waals surface area contributed by atoms with Gasteiger partial charge >= 0.3 is 6.03 Å². The molecule has 2 N–H and O–H groups in total. The van der Waals surface area contributed by atoms with E-state index in [1.807, 2.05) is 31.2 Å². The number of nitrogens with one attached hydrogen (secondary N) is 2. The average molecular weight is 335 g/mol. The molecule has 0 atom stereocenters. The van der Waals surface area contributed by atoms with Crippen molar-refractivity contribution in [2.45, 2.75) is 6.92 Å². The molecule has 6 heteroatoms. The van der Waals surface area contributed by atoms with Crippen molar-refractivity contribution in [2.24, 2.45) is 0 Å². The third-order valence-corrected chi connectivity index (χ3v) is 3.44. The van der Waals surface area contributed by atoms with Gasteiger partial charge in [-0.05, 0) is 36.8 Å². The van der Waals surface area contributed by atoms with Crippen LogP contribution in [0, 0.1) is 6.92 Å². The number of benzene rings is 2. The van der Waals surface area contributed by atoms with Gasteiger partial charge in [-0.1, -0.05) is 29.8 Å². The van der Waals surface area contributed by atoms with E-state index in [0.29, 0.717) is 29.6 Å². The van der Waals surface area contributed by atoms with Gasteiger partial charge in [0.15, 0.2) is 0 Å². The van der Waals surface area contributed by atoms with Crippen molar-refractivity contribution in [3.8, 4) is 11.5 Å². The number of methoxy groups -OCH3 is 1. The molecule has 0 bridgehead atoms. The van der Waals surface area contributed by atoms with Gasteiger partial charge in [-0.2, -0.15) is 0 Å². The van der Waals surface area contributed by atoms with Crippen LogP contribution in [0.1, 0.15) is 5.56 Å². The van der Waals surface area contributed by atoms with Crippen molar-refractivity contribution >= 4 is 23.3 Å². The Morgan fingerprint density at radius 1 is 1.17 bits per heavy atom. The molecule has 2 amide bonds. The molecular weight excluding hydrogens is 316 g/mol. The number of para-hydroxylation sites is 1. The maximum atomic E-state index is 11.8. The molecule has 122 valence electrons. The smallest absolute Gasteiger partial charge is 0.319 e. The summed E-state index contributed by atoms with van der Waals surface area (Å²) in [4.78, 5) is 11.8. The topological polar surface area (TPSA) is 59.6 Å². The number of rotatable bonds is 6. The molecule has 2 aromatic carbocycles. The van der Waals surface area contributed by atoms with Crippen LogP contribution >= 0.6 is 11.6 Å². The lowest BCUT2D eigenvalue weighted by Gasteiger charge is -2.11. The predicted molar refractivity (Wildman–Crippen MR) is 91.7 cm³/mol. The van der Waals surface area contributed by atoms with Crippen molar-refractivity contribution in [2.75, 3.05) is 25.6 Å². The van der Waals surface area contributed by atoms with E-state index < -0.39 is 0 Å². The van der Waals surface area contributed by atoms with Crippen LogP contribution in [0.4, 0.5) is 10.5 Å². The van der Waals surface area contributed by atoms with Gasteiger partial charge in [0.1, 0.15) is 18.1 Å². The summed E-state index contributed by atoms with van der Waals surface area (Å²) >= 11 is 6.01. The third-order valence-electron chi connectivity index (χ3n) is 3.15. The minimum absolute atomic E-state index is 0.320.